The van der Waals surface area contributed by atoms with Gasteiger partial charge in [0, 0.05) is 41.6 Å². The zero-order valence-corrected chi connectivity index (χ0v) is 29.8. The van der Waals surface area contributed by atoms with E-state index in [9.17, 15) is 5.11 Å². The van der Waals surface area contributed by atoms with Gasteiger partial charge < -0.3 is 42.3 Å². The first-order valence-corrected chi connectivity index (χ1v) is 15.5. The van der Waals surface area contributed by atoms with Crippen LogP contribution >= 0.6 is 11.6 Å². The number of methoxy groups -OCH3 is 1. The lowest BCUT2D eigenvalue weighted by molar-refractivity contribution is 0.208. The van der Waals surface area contributed by atoms with Gasteiger partial charge in [0.05, 0.1) is 37.3 Å². The van der Waals surface area contributed by atoms with Gasteiger partial charge in [-0.3, -0.25) is 9.98 Å². The predicted molar refractivity (Wildman–Crippen MR) is 202 cm³/mol. The van der Waals surface area contributed by atoms with Crippen molar-refractivity contribution in [2.75, 3.05) is 44.5 Å². The zero-order chi connectivity index (χ0) is 35.8. The Morgan fingerprint density at radius 2 is 1.74 bits per heavy atom. The molecule has 0 fully saturated rings. The second-order valence-electron chi connectivity index (χ2n) is 7.92. The molecule has 12 heteroatoms. The summed E-state index contributed by atoms with van der Waals surface area (Å²) in [4.78, 5) is 12.2. The van der Waals surface area contributed by atoms with Crippen LogP contribution in [0.5, 0.6) is 0 Å². The maximum Gasteiger partial charge on any atom is 0.198 e. The van der Waals surface area contributed by atoms with Crippen LogP contribution in [0.3, 0.4) is 0 Å². The molecule has 0 amide bonds. The van der Waals surface area contributed by atoms with Crippen molar-refractivity contribution in [3.8, 4) is 0 Å². The predicted octanol–water partition coefficient (Wildman–Crippen LogP) is 7.80. The molecule has 0 saturated heterocycles. The number of halogens is 1. The fourth-order valence-corrected chi connectivity index (χ4v) is 3.21. The van der Waals surface area contributed by atoms with Gasteiger partial charge in [0.1, 0.15) is 11.6 Å². The smallest absolute Gasteiger partial charge is 0.198 e. The molecule has 1 heterocycles. The number of benzene rings is 1. The quantitative estimate of drug-likeness (QED) is 0.0377. The average Bonchev–Trinajstić information content (AvgIpc) is 3.04. The minimum absolute atomic E-state index is 0.109. The Bertz CT molecular complexity index is 1230. The van der Waals surface area contributed by atoms with Crippen molar-refractivity contribution in [2.24, 2.45) is 15.7 Å². The molecule has 0 aliphatic heterocycles. The van der Waals surface area contributed by atoms with Crippen LogP contribution in [0.25, 0.3) is 0 Å². The highest BCUT2D eigenvalue weighted by atomic mass is 35.5. The van der Waals surface area contributed by atoms with Gasteiger partial charge in [0.15, 0.2) is 5.96 Å². The summed E-state index contributed by atoms with van der Waals surface area (Å²) in [6.07, 6.45) is 8.82. The molecule has 46 heavy (non-hydrogen) atoms. The molecule has 11 nitrogen and oxygen atoms in total. The van der Waals surface area contributed by atoms with Crippen molar-refractivity contribution in [1.29, 1.82) is 5.41 Å². The van der Waals surface area contributed by atoms with E-state index in [0.717, 1.165) is 28.6 Å². The van der Waals surface area contributed by atoms with E-state index in [-0.39, 0.29) is 11.7 Å². The van der Waals surface area contributed by atoms with Crippen molar-refractivity contribution in [3.63, 3.8) is 0 Å². The number of nitrogens with two attached hydrogens (primary N) is 1. The summed E-state index contributed by atoms with van der Waals surface area (Å²) in [7, 11) is 3.46. The van der Waals surface area contributed by atoms with Crippen LogP contribution < -0.4 is 27.0 Å². The van der Waals surface area contributed by atoms with Crippen molar-refractivity contribution < 1.29 is 9.84 Å². The largest absolute Gasteiger partial charge is 0.508 e. The highest BCUT2D eigenvalue weighted by molar-refractivity contribution is 6.31. The molecule has 8 N–H and O–H groups in total. The second kappa shape index (κ2) is 32.0. The van der Waals surface area contributed by atoms with Gasteiger partial charge in [0.25, 0.3) is 0 Å². The molecule has 1 aromatic heterocycles. The minimum Gasteiger partial charge on any atom is -0.508 e. The summed E-state index contributed by atoms with van der Waals surface area (Å²) < 4.78 is 4.89. The summed E-state index contributed by atoms with van der Waals surface area (Å²) in [6.45, 7) is 22.6. The van der Waals surface area contributed by atoms with E-state index in [1.54, 1.807) is 37.6 Å². The lowest BCUT2D eigenvalue weighted by atomic mass is 10.2. The van der Waals surface area contributed by atoms with E-state index < -0.39 is 0 Å². The number of hydrogen-bond donors (Lipinski definition) is 7. The van der Waals surface area contributed by atoms with E-state index in [2.05, 4.69) is 49.4 Å². The minimum atomic E-state index is 0.109. The van der Waals surface area contributed by atoms with Gasteiger partial charge in [-0.2, -0.15) is 0 Å². The molecule has 0 bridgehead atoms. The second-order valence-corrected chi connectivity index (χ2v) is 8.36. The molecule has 2 rings (SSSR count). The number of pyridine rings is 1. The molecule has 0 spiro atoms. The average molecular weight is 658 g/mol. The number of nitrogens with one attached hydrogen (secondary N) is 5. The molecule has 0 aliphatic rings. The molecule has 0 radical (unpaired) electrons. The number of aliphatic hydroxyl groups is 1. The Balaban J connectivity index is -0.000000756. The van der Waals surface area contributed by atoms with Gasteiger partial charge in [-0.05, 0) is 56.5 Å². The summed E-state index contributed by atoms with van der Waals surface area (Å²) in [5.41, 5.74) is 9.24. The first kappa shape index (κ1) is 46.0. The van der Waals surface area contributed by atoms with E-state index >= 15 is 0 Å². The third kappa shape index (κ3) is 23.9. The summed E-state index contributed by atoms with van der Waals surface area (Å²) in [5.74, 6) is 1.10. The number of nitrogens with zero attached hydrogens (tertiary/aromatic N) is 3. The number of aliphatic hydroxyl groups excluding tert-OH is 1. The molecular weight excluding hydrogens is 602 g/mol. The van der Waals surface area contributed by atoms with E-state index in [0.29, 0.717) is 30.4 Å². The Kier molecular flexibility index (Phi) is 31.9. The van der Waals surface area contributed by atoms with Gasteiger partial charge in [0.2, 0.25) is 0 Å². The SMILES string of the molecule is C=C/C=C(O)\C=C(/C)Nc1cc(Cl)cc(Nc2ccc(C=N)nc2)c1.C=CN=C(N)NC(CNC)=NCCOC.CC.CC.CC. The topological polar surface area (TPSA) is 165 Å². The van der Waals surface area contributed by atoms with Crippen LogP contribution in [-0.4, -0.2) is 62.0 Å². The van der Waals surface area contributed by atoms with E-state index in [1.165, 1.54) is 24.6 Å². The first-order valence-electron chi connectivity index (χ1n) is 15.1. The molecule has 1 aromatic carbocycles. The van der Waals surface area contributed by atoms with Crippen LogP contribution in [0.4, 0.5) is 17.1 Å². The summed E-state index contributed by atoms with van der Waals surface area (Å²) in [5, 5.41) is 29.6. The molecule has 0 saturated carbocycles. The number of allylic oxidation sites excluding steroid dienone is 4. The molecule has 0 unspecified atom stereocenters. The highest BCUT2D eigenvalue weighted by Crippen LogP contribution is 2.26. The number of aliphatic imine (C=N–C) groups is 2. The van der Waals surface area contributed by atoms with Gasteiger partial charge in [-0.15, -0.1) is 0 Å². The Morgan fingerprint density at radius 3 is 2.26 bits per heavy atom. The first-order chi connectivity index (χ1) is 22.2. The molecule has 0 atom stereocenters. The fraction of sp³-hybridized carbons (Fsp3) is 0.353. The number of aromatic nitrogens is 1. The van der Waals surface area contributed by atoms with Crippen molar-refractivity contribution in [2.45, 2.75) is 48.5 Å². The number of anilines is 3. The molecule has 256 valence electrons. The number of hydrogen-bond acceptors (Lipinski definition) is 9. The Hall–Kier alpha value is -4.45. The standard InChI is InChI=1S/C19H19ClN4O.C9H19N5O.3C2H6/c1-3-4-19(25)7-13(2)23-17-8-14(20)9-18(10-17)24-16-6-5-15(11-21)22-12-16;1-4-12-9(10)14-8(7-11-2)13-5-6-15-3;3*1-2/h3-12,21,23-25H,1H2,2H3;4,11H,1,5-7H2,2-3H3,(H3,10,12,13,14);3*1-2H3/b13-7+,19-4+,21-11?;;;;. The number of likely N-dealkylation sites (N-methyl/N-ethyl adjacent to an activating group) is 1. The van der Waals surface area contributed by atoms with Gasteiger partial charge in [-0.1, -0.05) is 72.4 Å². The maximum absolute atomic E-state index is 9.66. The lowest BCUT2D eigenvalue weighted by Crippen LogP contribution is -2.41. The Morgan fingerprint density at radius 1 is 1.09 bits per heavy atom. The highest BCUT2D eigenvalue weighted by Gasteiger charge is 2.03. The Labute approximate surface area is 282 Å². The van der Waals surface area contributed by atoms with Crippen molar-refractivity contribution >= 4 is 46.7 Å². The third-order valence-electron chi connectivity index (χ3n) is 4.56. The maximum atomic E-state index is 9.66. The summed E-state index contributed by atoms with van der Waals surface area (Å²) in [6, 6.07) is 9.06. The van der Waals surface area contributed by atoms with Crippen LogP contribution in [0.15, 0.2) is 95.6 Å². The summed E-state index contributed by atoms with van der Waals surface area (Å²) >= 11 is 6.18. The fourth-order valence-electron chi connectivity index (χ4n) is 2.98. The van der Waals surface area contributed by atoms with Crippen LogP contribution in [0.2, 0.25) is 5.02 Å². The number of ether oxygens (including phenoxy) is 1. The van der Waals surface area contributed by atoms with Gasteiger partial charge >= 0.3 is 0 Å². The third-order valence-corrected chi connectivity index (χ3v) is 4.78. The van der Waals surface area contributed by atoms with Crippen LogP contribution in [-0.2, 0) is 4.74 Å². The van der Waals surface area contributed by atoms with Crippen molar-refractivity contribution in [3.05, 3.63) is 96.3 Å². The number of guanidine groups is 1. The normalized spacial score (nSPS) is 10.9. The molecular formula is C34H56ClN9O2. The lowest BCUT2D eigenvalue weighted by Gasteiger charge is -2.12. The van der Waals surface area contributed by atoms with Crippen LogP contribution in [0, 0.1) is 5.41 Å². The zero-order valence-electron chi connectivity index (χ0n) is 29.0. The van der Waals surface area contributed by atoms with Gasteiger partial charge in [-0.25, -0.2) is 4.99 Å². The van der Waals surface area contributed by atoms with Crippen LogP contribution in [0.1, 0.15) is 54.2 Å². The van der Waals surface area contributed by atoms with E-state index in [4.69, 9.17) is 27.5 Å². The monoisotopic (exact) mass is 657 g/mol. The van der Waals surface area contributed by atoms with E-state index in [1.807, 2.05) is 67.6 Å². The molecule has 0 aliphatic carbocycles. The number of amidine groups is 1. The van der Waals surface area contributed by atoms with Crippen molar-refractivity contribution in [1.82, 2.24) is 15.6 Å². The number of rotatable bonds is 13. The molecule has 2 aromatic rings.